The molecule has 1 aromatic carbocycles. The Morgan fingerprint density at radius 2 is 1.88 bits per heavy atom. The first-order chi connectivity index (χ1) is 19.5. The van der Waals surface area contributed by atoms with E-state index in [1.54, 1.807) is 24.5 Å². The molecule has 1 saturated heterocycles. The SMILES string of the molecule is CCN(c1nc(-c2ccc(F)cc2)c(C#N)s1)c1c2nc(-c3cnc(N4CC[C@H](O)C4)nc3)ccc2nn1CC. The summed E-state index contributed by atoms with van der Waals surface area (Å²) in [6, 6.07) is 12.1. The Hall–Kier alpha value is -4.47. The van der Waals surface area contributed by atoms with Crippen LogP contribution in [0.25, 0.3) is 33.5 Å². The van der Waals surface area contributed by atoms with E-state index in [9.17, 15) is 14.8 Å². The van der Waals surface area contributed by atoms with Gasteiger partial charge in [-0.2, -0.15) is 10.4 Å². The van der Waals surface area contributed by atoms with Gasteiger partial charge in [0.1, 0.15) is 33.5 Å². The minimum absolute atomic E-state index is 0.344. The molecular formula is C28H26FN9OS. The third-order valence-corrected chi connectivity index (χ3v) is 7.86. The quantitative estimate of drug-likeness (QED) is 0.303. The molecule has 0 unspecified atom stereocenters. The van der Waals surface area contributed by atoms with Crippen molar-refractivity contribution in [3.63, 3.8) is 0 Å². The third-order valence-electron chi connectivity index (χ3n) is 6.88. The van der Waals surface area contributed by atoms with Crippen LogP contribution in [0.15, 0.2) is 48.8 Å². The smallest absolute Gasteiger partial charge is 0.225 e. The van der Waals surface area contributed by atoms with Gasteiger partial charge in [0.2, 0.25) is 5.95 Å². The molecule has 6 rings (SSSR count). The van der Waals surface area contributed by atoms with E-state index in [-0.39, 0.29) is 11.9 Å². The monoisotopic (exact) mass is 555 g/mol. The number of rotatable bonds is 7. The maximum Gasteiger partial charge on any atom is 0.225 e. The van der Waals surface area contributed by atoms with Crippen molar-refractivity contribution < 1.29 is 9.50 Å². The van der Waals surface area contributed by atoms with Crippen LogP contribution < -0.4 is 9.80 Å². The van der Waals surface area contributed by atoms with Crippen molar-refractivity contribution in [2.75, 3.05) is 29.4 Å². The number of nitriles is 1. The van der Waals surface area contributed by atoms with Gasteiger partial charge >= 0.3 is 0 Å². The van der Waals surface area contributed by atoms with Gasteiger partial charge in [-0.1, -0.05) is 11.3 Å². The summed E-state index contributed by atoms with van der Waals surface area (Å²) in [5.74, 6) is 1.02. The molecule has 40 heavy (non-hydrogen) atoms. The maximum atomic E-state index is 13.5. The molecule has 0 spiro atoms. The molecule has 202 valence electrons. The highest BCUT2D eigenvalue weighted by Gasteiger charge is 2.25. The second-order valence-electron chi connectivity index (χ2n) is 9.40. The van der Waals surface area contributed by atoms with Crippen LogP contribution in [-0.4, -0.2) is 60.6 Å². The standard InChI is InChI=1S/C28H26FN9OS/c1-3-37(28-34-24(23(13-30)40-28)17-5-7-19(29)8-6-17)26-25-22(35-38(26)4-2)10-9-21(33-25)18-14-31-27(32-15-18)36-12-11-20(39)16-36/h5-10,14-15,20,39H,3-4,11-12,16H2,1-2H3/t20-/m0/s1. The van der Waals surface area contributed by atoms with Crippen molar-refractivity contribution in [3.8, 4) is 28.6 Å². The Labute approximate surface area is 234 Å². The van der Waals surface area contributed by atoms with Crippen LogP contribution in [0.4, 0.5) is 21.3 Å². The van der Waals surface area contributed by atoms with Gasteiger partial charge in [-0.25, -0.2) is 29.0 Å². The number of benzene rings is 1. The number of hydrogen-bond donors (Lipinski definition) is 1. The number of aliphatic hydroxyl groups is 1. The third kappa shape index (κ3) is 4.63. The van der Waals surface area contributed by atoms with Gasteiger partial charge in [-0.3, -0.25) is 0 Å². The summed E-state index contributed by atoms with van der Waals surface area (Å²) in [6.07, 6.45) is 3.85. The Bertz CT molecular complexity index is 1710. The van der Waals surface area contributed by atoms with E-state index < -0.39 is 0 Å². The van der Waals surface area contributed by atoms with Crippen LogP contribution in [0.5, 0.6) is 0 Å². The van der Waals surface area contributed by atoms with Crippen molar-refractivity contribution in [3.05, 3.63) is 59.5 Å². The highest BCUT2D eigenvalue weighted by atomic mass is 32.1. The van der Waals surface area contributed by atoms with E-state index in [1.165, 1.54) is 23.5 Å². The van der Waals surface area contributed by atoms with Crippen LogP contribution in [-0.2, 0) is 6.54 Å². The summed E-state index contributed by atoms with van der Waals surface area (Å²) >= 11 is 1.28. The van der Waals surface area contributed by atoms with Crippen molar-refractivity contribution in [1.29, 1.82) is 5.26 Å². The van der Waals surface area contributed by atoms with Crippen molar-refractivity contribution in [2.24, 2.45) is 0 Å². The number of aryl methyl sites for hydroxylation is 1. The molecule has 0 radical (unpaired) electrons. The first kappa shape index (κ1) is 25.8. The zero-order valence-corrected chi connectivity index (χ0v) is 22.8. The van der Waals surface area contributed by atoms with Crippen LogP contribution in [0.2, 0.25) is 0 Å². The molecule has 1 N–H and O–H groups in total. The number of fused-ring (bicyclic) bond motifs is 1. The zero-order chi connectivity index (χ0) is 27.8. The normalized spacial score (nSPS) is 15.1. The molecule has 10 nitrogen and oxygen atoms in total. The average Bonchev–Trinajstić information content (AvgIpc) is 3.71. The van der Waals surface area contributed by atoms with Gasteiger partial charge in [0.05, 0.1) is 11.8 Å². The topological polar surface area (TPSA) is 120 Å². The van der Waals surface area contributed by atoms with E-state index in [2.05, 4.69) is 16.0 Å². The van der Waals surface area contributed by atoms with E-state index >= 15 is 0 Å². The summed E-state index contributed by atoms with van der Waals surface area (Å²) in [5.41, 5.74) is 4.10. The predicted molar refractivity (Wildman–Crippen MR) is 152 cm³/mol. The molecule has 1 atom stereocenters. The number of aromatic nitrogens is 6. The number of β-amino-alcohol motifs (C(OH)–C–C–N with tert-alkyl or cyclic N) is 1. The summed E-state index contributed by atoms with van der Waals surface area (Å²) < 4.78 is 15.4. The Balaban J connectivity index is 1.40. The fourth-order valence-electron chi connectivity index (χ4n) is 4.86. The molecule has 5 heterocycles. The van der Waals surface area contributed by atoms with Gasteiger partial charge in [0, 0.05) is 49.7 Å². The second kappa shape index (κ2) is 10.6. The van der Waals surface area contributed by atoms with E-state index in [4.69, 9.17) is 15.1 Å². The first-order valence-electron chi connectivity index (χ1n) is 13.1. The number of aliphatic hydroxyl groups excluding tert-OH is 1. The summed E-state index contributed by atoms with van der Waals surface area (Å²) in [6.45, 7) is 6.45. The Kier molecular flexibility index (Phi) is 6.83. The maximum absolute atomic E-state index is 13.5. The minimum Gasteiger partial charge on any atom is -0.391 e. The predicted octanol–water partition coefficient (Wildman–Crippen LogP) is 4.77. The largest absolute Gasteiger partial charge is 0.391 e. The highest BCUT2D eigenvalue weighted by molar-refractivity contribution is 7.16. The minimum atomic E-state index is -0.351. The molecule has 0 aliphatic carbocycles. The number of nitrogens with zero attached hydrogens (tertiary/aromatic N) is 9. The summed E-state index contributed by atoms with van der Waals surface area (Å²) in [7, 11) is 0. The average molecular weight is 556 g/mol. The molecular weight excluding hydrogens is 529 g/mol. The Morgan fingerprint density at radius 1 is 1.10 bits per heavy atom. The lowest BCUT2D eigenvalue weighted by molar-refractivity contribution is 0.198. The van der Waals surface area contributed by atoms with E-state index in [1.807, 2.05) is 40.5 Å². The molecule has 12 heteroatoms. The lowest BCUT2D eigenvalue weighted by Gasteiger charge is -2.20. The van der Waals surface area contributed by atoms with Gasteiger partial charge in [-0.05, 0) is 56.7 Å². The lowest BCUT2D eigenvalue weighted by Crippen LogP contribution is -2.23. The van der Waals surface area contributed by atoms with Crippen molar-refractivity contribution in [2.45, 2.75) is 32.9 Å². The number of halogens is 1. The second-order valence-corrected chi connectivity index (χ2v) is 10.4. The molecule has 5 aromatic rings. The molecule has 1 fully saturated rings. The zero-order valence-electron chi connectivity index (χ0n) is 22.0. The number of pyridine rings is 1. The van der Waals surface area contributed by atoms with Crippen LogP contribution in [0.3, 0.4) is 0 Å². The van der Waals surface area contributed by atoms with Crippen LogP contribution >= 0.6 is 11.3 Å². The fourth-order valence-corrected chi connectivity index (χ4v) is 5.82. The van der Waals surface area contributed by atoms with E-state index in [0.717, 1.165) is 23.4 Å². The lowest BCUT2D eigenvalue weighted by atomic mass is 10.1. The van der Waals surface area contributed by atoms with E-state index in [0.29, 0.717) is 64.5 Å². The molecule has 0 amide bonds. The van der Waals surface area contributed by atoms with Gasteiger partial charge in [0.15, 0.2) is 10.9 Å². The van der Waals surface area contributed by atoms with Crippen molar-refractivity contribution in [1.82, 2.24) is 29.7 Å². The number of hydrogen-bond acceptors (Lipinski definition) is 10. The number of thiazole rings is 1. The highest BCUT2D eigenvalue weighted by Crippen LogP contribution is 2.38. The fraction of sp³-hybridized carbons (Fsp3) is 0.286. The number of anilines is 3. The first-order valence-corrected chi connectivity index (χ1v) is 13.9. The van der Waals surface area contributed by atoms with Gasteiger partial charge < -0.3 is 14.9 Å². The molecule has 4 aromatic heterocycles. The van der Waals surface area contributed by atoms with Gasteiger partial charge in [-0.15, -0.1) is 0 Å². The molecule has 1 aliphatic heterocycles. The molecule has 0 saturated carbocycles. The summed E-state index contributed by atoms with van der Waals surface area (Å²) in [5, 5.41) is 25.1. The molecule has 1 aliphatic rings. The van der Waals surface area contributed by atoms with Gasteiger partial charge in [0.25, 0.3) is 0 Å². The van der Waals surface area contributed by atoms with Crippen LogP contribution in [0, 0.1) is 17.1 Å². The van der Waals surface area contributed by atoms with Crippen molar-refractivity contribution >= 4 is 39.3 Å². The Morgan fingerprint density at radius 3 is 2.52 bits per heavy atom. The van der Waals surface area contributed by atoms with Crippen LogP contribution in [0.1, 0.15) is 25.1 Å². The summed E-state index contributed by atoms with van der Waals surface area (Å²) in [4.78, 5) is 23.3. The molecule has 0 bridgehead atoms.